The summed E-state index contributed by atoms with van der Waals surface area (Å²) in [5.41, 5.74) is 2.50. The van der Waals surface area contributed by atoms with Crippen LogP contribution in [0.5, 0.6) is 0 Å². The first-order valence-corrected chi connectivity index (χ1v) is 8.87. The number of para-hydroxylation sites is 1. The fourth-order valence-corrected chi connectivity index (χ4v) is 3.13. The lowest BCUT2D eigenvalue weighted by Gasteiger charge is -2.36. The van der Waals surface area contributed by atoms with Crippen LogP contribution in [-0.2, 0) is 11.2 Å². The number of carbonyl (C=O) groups is 1. The molecule has 1 aromatic heterocycles. The van der Waals surface area contributed by atoms with Gasteiger partial charge in [0.05, 0.1) is 6.54 Å². The molecule has 1 aliphatic heterocycles. The predicted molar refractivity (Wildman–Crippen MR) is 101 cm³/mol. The largest absolute Gasteiger partial charge is 0.368 e. The first-order valence-electron chi connectivity index (χ1n) is 8.87. The van der Waals surface area contributed by atoms with Crippen molar-refractivity contribution < 1.29 is 4.79 Å². The summed E-state index contributed by atoms with van der Waals surface area (Å²) in [5.74, 6) is 0.227. The third kappa shape index (κ3) is 5.03. The normalized spacial score (nSPS) is 14.8. The number of rotatable bonds is 6. The summed E-state index contributed by atoms with van der Waals surface area (Å²) in [6, 6.07) is 14.5. The Morgan fingerprint density at radius 1 is 1.04 bits per heavy atom. The van der Waals surface area contributed by atoms with Crippen molar-refractivity contribution in [2.75, 3.05) is 51.2 Å². The lowest BCUT2D eigenvalue weighted by Crippen LogP contribution is -2.51. The molecule has 1 amide bonds. The molecule has 0 atom stereocenters. The van der Waals surface area contributed by atoms with Gasteiger partial charge in [0.2, 0.25) is 5.91 Å². The number of hydrogen-bond acceptors (Lipinski definition) is 4. The van der Waals surface area contributed by atoms with E-state index in [0.29, 0.717) is 6.54 Å². The third-order valence-corrected chi connectivity index (χ3v) is 4.69. The van der Waals surface area contributed by atoms with Crippen LogP contribution in [0.4, 0.5) is 5.69 Å². The SMILES string of the molecule is CN(CCc1ccncc1)CC(=O)N1CCN(c2ccccc2)CC1. The lowest BCUT2D eigenvalue weighted by molar-refractivity contribution is -0.132. The molecule has 132 valence electrons. The number of benzene rings is 1. The fourth-order valence-electron chi connectivity index (χ4n) is 3.13. The molecule has 0 spiro atoms. The Labute approximate surface area is 149 Å². The maximum atomic E-state index is 12.5. The molecular formula is C20H26N4O. The number of carbonyl (C=O) groups excluding carboxylic acids is 1. The smallest absolute Gasteiger partial charge is 0.236 e. The quantitative estimate of drug-likeness (QED) is 0.807. The van der Waals surface area contributed by atoms with Crippen molar-refractivity contribution in [3.63, 3.8) is 0 Å². The number of hydrogen-bond donors (Lipinski definition) is 0. The van der Waals surface area contributed by atoms with E-state index in [1.807, 2.05) is 42.5 Å². The van der Waals surface area contributed by atoms with Crippen LogP contribution in [-0.4, -0.2) is 67.0 Å². The zero-order chi connectivity index (χ0) is 17.5. The number of nitrogens with zero attached hydrogens (tertiary/aromatic N) is 4. The van der Waals surface area contributed by atoms with Crippen LogP contribution in [0.15, 0.2) is 54.9 Å². The first kappa shape index (κ1) is 17.4. The first-order chi connectivity index (χ1) is 12.2. The number of piperazine rings is 1. The second-order valence-electron chi connectivity index (χ2n) is 6.55. The fraction of sp³-hybridized carbons (Fsp3) is 0.400. The van der Waals surface area contributed by atoms with Crippen LogP contribution in [0.1, 0.15) is 5.56 Å². The summed E-state index contributed by atoms with van der Waals surface area (Å²) in [4.78, 5) is 23.0. The molecule has 0 aliphatic carbocycles. The Hall–Kier alpha value is -2.40. The summed E-state index contributed by atoms with van der Waals surface area (Å²) < 4.78 is 0. The molecule has 3 rings (SSSR count). The van der Waals surface area contributed by atoms with E-state index in [9.17, 15) is 4.79 Å². The van der Waals surface area contributed by atoms with Crippen LogP contribution in [0.25, 0.3) is 0 Å². The second-order valence-corrected chi connectivity index (χ2v) is 6.55. The van der Waals surface area contributed by atoms with Gasteiger partial charge in [-0.1, -0.05) is 18.2 Å². The molecule has 1 saturated heterocycles. The minimum Gasteiger partial charge on any atom is -0.368 e. The summed E-state index contributed by atoms with van der Waals surface area (Å²) in [6.07, 6.45) is 4.56. The highest BCUT2D eigenvalue weighted by Gasteiger charge is 2.21. The van der Waals surface area contributed by atoms with Crippen molar-refractivity contribution in [3.8, 4) is 0 Å². The van der Waals surface area contributed by atoms with E-state index in [-0.39, 0.29) is 5.91 Å². The van der Waals surface area contributed by atoms with Crippen molar-refractivity contribution >= 4 is 11.6 Å². The van der Waals surface area contributed by atoms with E-state index in [2.05, 4.69) is 39.0 Å². The van der Waals surface area contributed by atoms with Gasteiger partial charge in [-0.2, -0.15) is 0 Å². The highest BCUT2D eigenvalue weighted by atomic mass is 16.2. The van der Waals surface area contributed by atoms with E-state index < -0.39 is 0 Å². The van der Waals surface area contributed by atoms with Gasteiger partial charge in [0, 0.05) is 50.8 Å². The Bertz CT molecular complexity index is 654. The molecule has 0 bridgehead atoms. The van der Waals surface area contributed by atoms with E-state index in [1.54, 1.807) is 0 Å². The molecule has 0 unspecified atom stereocenters. The highest BCUT2D eigenvalue weighted by Crippen LogP contribution is 2.15. The average Bonchev–Trinajstić information content (AvgIpc) is 2.68. The zero-order valence-electron chi connectivity index (χ0n) is 14.8. The predicted octanol–water partition coefficient (Wildman–Crippen LogP) is 1.90. The van der Waals surface area contributed by atoms with Crippen LogP contribution < -0.4 is 4.90 Å². The lowest BCUT2D eigenvalue weighted by atomic mass is 10.2. The number of likely N-dealkylation sites (N-methyl/N-ethyl adjacent to an activating group) is 1. The molecule has 2 heterocycles. The van der Waals surface area contributed by atoms with Gasteiger partial charge in [-0.3, -0.25) is 14.7 Å². The molecule has 25 heavy (non-hydrogen) atoms. The Morgan fingerprint density at radius 2 is 1.72 bits per heavy atom. The Morgan fingerprint density at radius 3 is 2.40 bits per heavy atom. The Balaban J connectivity index is 1.41. The second kappa shape index (κ2) is 8.62. The van der Waals surface area contributed by atoms with Gasteiger partial charge >= 0.3 is 0 Å². The maximum Gasteiger partial charge on any atom is 0.236 e. The molecule has 1 fully saturated rings. The Kier molecular flexibility index (Phi) is 6.01. The van der Waals surface area contributed by atoms with E-state index in [4.69, 9.17) is 0 Å². The minimum absolute atomic E-state index is 0.227. The van der Waals surface area contributed by atoms with Crippen LogP contribution in [0, 0.1) is 0 Å². The number of aromatic nitrogens is 1. The molecule has 0 saturated carbocycles. The van der Waals surface area contributed by atoms with Crippen molar-refractivity contribution in [2.24, 2.45) is 0 Å². The molecule has 5 nitrogen and oxygen atoms in total. The standard InChI is InChI=1S/C20H26N4O/c1-22(12-9-18-7-10-21-11-8-18)17-20(25)24-15-13-23(14-16-24)19-5-3-2-4-6-19/h2-8,10-11H,9,12-17H2,1H3. The molecule has 5 heteroatoms. The van der Waals surface area contributed by atoms with Crippen LogP contribution >= 0.6 is 0 Å². The van der Waals surface area contributed by atoms with Gasteiger partial charge in [0.15, 0.2) is 0 Å². The molecule has 0 radical (unpaired) electrons. The minimum atomic E-state index is 0.227. The summed E-state index contributed by atoms with van der Waals surface area (Å²) in [7, 11) is 2.01. The van der Waals surface area contributed by atoms with Crippen molar-refractivity contribution in [1.29, 1.82) is 0 Å². The van der Waals surface area contributed by atoms with Gasteiger partial charge < -0.3 is 9.80 Å². The number of amides is 1. The summed E-state index contributed by atoms with van der Waals surface area (Å²) in [5, 5.41) is 0. The third-order valence-electron chi connectivity index (χ3n) is 4.69. The van der Waals surface area contributed by atoms with Crippen LogP contribution in [0.3, 0.4) is 0 Å². The number of anilines is 1. The van der Waals surface area contributed by atoms with Crippen molar-refractivity contribution in [3.05, 3.63) is 60.4 Å². The molecule has 1 aliphatic rings. The molecule has 1 aromatic carbocycles. The van der Waals surface area contributed by atoms with E-state index >= 15 is 0 Å². The van der Waals surface area contributed by atoms with Crippen molar-refractivity contribution in [1.82, 2.24) is 14.8 Å². The topological polar surface area (TPSA) is 39.7 Å². The van der Waals surface area contributed by atoms with Crippen molar-refractivity contribution in [2.45, 2.75) is 6.42 Å². The van der Waals surface area contributed by atoms with E-state index in [1.165, 1.54) is 11.3 Å². The van der Waals surface area contributed by atoms with Crippen LogP contribution in [0.2, 0.25) is 0 Å². The maximum absolute atomic E-state index is 12.5. The number of pyridine rings is 1. The van der Waals surface area contributed by atoms with E-state index in [0.717, 1.165) is 39.1 Å². The monoisotopic (exact) mass is 338 g/mol. The van der Waals surface area contributed by atoms with Gasteiger partial charge in [-0.05, 0) is 43.3 Å². The van der Waals surface area contributed by atoms with Gasteiger partial charge in [-0.15, -0.1) is 0 Å². The molecule has 0 N–H and O–H groups in total. The average molecular weight is 338 g/mol. The summed E-state index contributed by atoms with van der Waals surface area (Å²) >= 11 is 0. The van der Waals surface area contributed by atoms with Gasteiger partial charge in [0.1, 0.15) is 0 Å². The zero-order valence-corrected chi connectivity index (χ0v) is 14.8. The molecule has 2 aromatic rings. The highest BCUT2D eigenvalue weighted by molar-refractivity contribution is 5.78. The van der Waals surface area contributed by atoms with Gasteiger partial charge in [-0.25, -0.2) is 0 Å². The molecular weight excluding hydrogens is 312 g/mol. The summed E-state index contributed by atoms with van der Waals surface area (Å²) in [6.45, 7) is 4.75. The van der Waals surface area contributed by atoms with Gasteiger partial charge in [0.25, 0.3) is 0 Å².